The molecule has 1 aliphatic heterocycles. The molecule has 1 amide bonds. The van der Waals surface area contributed by atoms with Gasteiger partial charge in [0, 0.05) is 24.0 Å². The maximum Gasteiger partial charge on any atom is 0.339 e. The molecule has 1 atom stereocenters. The minimum atomic E-state index is -0.903. The summed E-state index contributed by atoms with van der Waals surface area (Å²) < 4.78 is 7.49. The first-order chi connectivity index (χ1) is 15.3. The molecule has 168 valence electrons. The van der Waals surface area contributed by atoms with Gasteiger partial charge in [-0.3, -0.25) is 4.79 Å². The fraction of sp³-hybridized carbons (Fsp3) is 0.440. The fourth-order valence-corrected chi connectivity index (χ4v) is 4.14. The van der Waals surface area contributed by atoms with Crippen LogP contribution in [0.15, 0.2) is 36.5 Å². The minimum absolute atomic E-state index is 0.103. The average Bonchev–Trinajstić information content (AvgIpc) is 3.21. The maximum atomic E-state index is 13.2. The molecule has 4 rings (SSSR count). The molecule has 2 aromatic heterocycles. The molecule has 1 aliphatic rings. The molecule has 0 radical (unpaired) electrons. The van der Waals surface area contributed by atoms with Crippen molar-refractivity contribution < 1.29 is 14.3 Å². The maximum absolute atomic E-state index is 13.2. The molecule has 1 aromatic carbocycles. The second kappa shape index (κ2) is 8.73. The highest BCUT2D eigenvalue weighted by molar-refractivity contribution is 6.05. The fourth-order valence-electron chi connectivity index (χ4n) is 4.14. The SMILES string of the molecule is CC(OC(=O)c1cc(C(C)C)nc2c1cnn2C(C)C)C(=O)N1CCCc2ccccc21. The molecule has 0 fully saturated rings. The summed E-state index contributed by atoms with van der Waals surface area (Å²) in [6.07, 6.45) is 2.58. The number of esters is 1. The van der Waals surface area contributed by atoms with Gasteiger partial charge in [-0.1, -0.05) is 32.0 Å². The third kappa shape index (κ3) is 3.99. The van der Waals surface area contributed by atoms with Gasteiger partial charge < -0.3 is 9.64 Å². The summed E-state index contributed by atoms with van der Waals surface area (Å²) in [4.78, 5) is 32.8. The molecule has 7 nitrogen and oxygen atoms in total. The average molecular weight is 435 g/mol. The lowest BCUT2D eigenvalue weighted by Gasteiger charge is -2.31. The van der Waals surface area contributed by atoms with E-state index < -0.39 is 12.1 Å². The van der Waals surface area contributed by atoms with Crippen LogP contribution in [0.4, 0.5) is 5.69 Å². The van der Waals surface area contributed by atoms with Crippen LogP contribution in [0.3, 0.4) is 0 Å². The summed E-state index contributed by atoms with van der Waals surface area (Å²) in [5.41, 5.74) is 3.88. The number of fused-ring (bicyclic) bond motifs is 2. The van der Waals surface area contributed by atoms with E-state index in [1.165, 1.54) is 0 Å². The predicted octanol–water partition coefficient (Wildman–Crippen LogP) is 4.66. The van der Waals surface area contributed by atoms with Crippen molar-refractivity contribution in [1.82, 2.24) is 14.8 Å². The number of ether oxygens (including phenoxy) is 1. The molecule has 0 saturated carbocycles. The van der Waals surface area contributed by atoms with E-state index in [-0.39, 0.29) is 17.9 Å². The zero-order chi connectivity index (χ0) is 23.0. The van der Waals surface area contributed by atoms with Gasteiger partial charge in [0.2, 0.25) is 0 Å². The van der Waals surface area contributed by atoms with Crippen molar-refractivity contribution in [3.05, 3.63) is 53.3 Å². The predicted molar refractivity (Wildman–Crippen MR) is 124 cm³/mol. The van der Waals surface area contributed by atoms with Crippen LogP contribution in [0.2, 0.25) is 0 Å². The van der Waals surface area contributed by atoms with E-state index in [0.29, 0.717) is 23.1 Å². The summed E-state index contributed by atoms with van der Waals surface area (Å²) in [5, 5.41) is 5.06. The number of aryl methyl sites for hydroxylation is 1. The number of rotatable bonds is 5. The third-order valence-electron chi connectivity index (χ3n) is 5.89. The van der Waals surface area contributed by atoms with Crippen LogP contribution in [0, 0.1) is 0 Å². The van der Waals surface area contributed by atoms with Crippen LogP contribution in [-0.2, 0) is 16.0 Å². The van der Waals surface area contributed by atoms with Gasteiger partial charge >= 0.3 is 5.97 Å². The Bertz CT molecular complexity index is 1170. The number of benzene rings is 1. The molecular formula is C25H30N4O3. The lowest BCUT2D eigenvalue weighted by Crippen LogP contribution is -2.42. The van der Waals surface area contributed by atoms with Gasteiger partial charge in [-0.2, -0.15) is 5.10 Å². The van der Waals surface area contributed by atoms with E-state index in [9.17, 15) is 9.59 Å². The molecule has 7 heteroatoms. The van der Waals surface area contributed by atoms with Crippen LogP contribution < -0.4 is 4.90 Å². The van der Waals surface area contributed by atoms with Crippen molar-refractivity contribution >= 4 is 28.6 Å². The van der Waals surface area contributed by atoms with Gasteiger partial charge in [0.15, 0.2) is 11.8 Å². The summed E-state index contributed by atoms with van der Waals surface area (Å²) in [6.45, 7) is 10.3. The van der Waals surface area contributed by atoms with Crippen LogP contribution >= 0.6 is 0 Å². The van der Waals surface area contributed by atoms with Gasteiger partial charge in [0.25, 0.3) is 5.91 Å². The van der Waals surface area contributed by atoms with E-state index in [2.05, 4.69) is 5.10 Å². The summed E-state index contributed by atoms with van der Waals surface area (Å²) in [5.74, 6) is -0.614. The van der Waals surface area contributed by atoms with E-state index in [1.807, 2.05) is 52.0 Å². The number of aromatic nitrogens is 3. The highest BCUT2D eigenvalue weighted by Gasteiger charge is 2.29. The van der Waals surface area contributed by atoms with Crippen molar-refractivity contribution in [2.75, 3.05) is 11.4 Å². The number of carbonyl (C=O) groups excluding carboxylic acids is 2. The van der Waals surface area contributed by atoms with E-state index in [0.717, 1.165) is 29.8 Å². The summed E-state index contributed by atoms with van der Waals surface area (Å²) in [6, 6.07) is 9.76. The zero-order valence-corrected chi connectivity index (χ0v) is 19.3. The quantitative estimate of drug-likeness (QED) is 0.546. The van der Waals surface area contributed by atoms with Crippen LogP contribution in [0.5, 0.6) is 0 Å². The first-order valence-electron chi connectivity index (χ1n) is 11.3. The molecule has 0 aliphatic carbocycles. The zero-order valence-electron chi connectivity index (χ0n) is 19.3. The molecule has 1 unspecified atom stereocenters. The summed E-state index contributed by atoms with van der Waals surface area (Å²) in [7, 11) is 0. The van der Waals surface area contributed by atoms with Crippen LogP contribution in [0.25, 0.3) is 11.0 Å². The smallest absolute Gasteiger partial charge is 0.339 e. The van der Waals surface area contributed by atoms with Crippen molar-refractivity contribution in [1.29, 1.82) is 0 Å². The first kappa shape index (κ1) is 22.0. The number of pyridine rings is 1. The molecule has 0 spiro atoms. The molecule has 3 heterocycles. The van der Waals surface area contributed by atoms with Gasteiger partial charge in [-0.15, -0.1) is 0 Å². The number of carbonyl (C=O) groups is 2. The topological polar surface area (TPSA) is 77.3 Å². The van der Waals surface area contributed by atoms with E-state index in [4.69, 9.17) is 9.72 Å². The second-order valence-corrected chi connectivity index (χ2v) is 8.94. The molecular weight excluding hydrogens is 404 g/mol. The second-order valence-electron chi connectivity index (χ2n) is 8.94. The van der Waals surface area contributed by atoms with Crippen LogP contribution in [-0.4, -0.2) is 39.3 Å². The van der Waals surface area contributed by atoms with E-state index in [1.54, 1.807) is 28.8 Å². The van der Waals surface area contributed by atoms with Crippen molar-refractivity contribution in [3.8, 4) is 0 Å². The Morgan fingerprint density at radius 2 is 1.84 bits per heavy atom. The van der Waals surface area contributed by atoms with Crippen LogP contribution in [0.1, 0.15) is 74.6 Å². The number of amides is 1. The van der Waals surface area contributed by atoms with Crippen molar-refractivity contribution in [2.24, 2.45) is 0 Å². The Kier molecular flexibility index (Phi) is 6.00. The normalized spacial score (nSPS) is 14.7. The highest BCUT2D eigenvalue weighted by Crippen LogP contribution is 2.28. The molecule has 32 heavy (non-hydrogen) atoms. The number of nitrogens with zero attached hydrogens (tertiary/aromatic N) is 4. The molecule has 0 bridgehead atoms. The van der Waals surface area contributed by atoms with Crippen molar-refractivity contribution in [2.45, 2.75) is 65.5 Å². The first-order valence-corrected chi connectivity index (χ1v) is 11.3. The highest BCUT2D eigenvalue weighted by atomic mass is 16.5. The number of para-hydroxylation sites is 1. The number of hydrogen-bond acceptors (Lipinski definition) is 5. The Hall–Kier alpha value is -3.22. The number of anilines is 1. The largest absolute Gasteiger partial charge is 0.449 e. The molecule has 3 aromatic rings. The van der Waals surface area contributed by atoms with E-state index >= 15 is 0 Å². The summed E-state index contributed by atoms with van der Waals surface area (Å²) >= 11 is 0. The molecule has 0 N–H and O–H groups in total. The van der Waals surface area contributed by atoms with Gasteiger partial charge in [0.05, 0.1) is 17.1 Å². The third-order valence-corrected chi connectivity index (χ3v) is 5.89. The molecule has 0 saturated heterocycles. The van der Waals surface area contributed by atoms with Gasteiger partial charge in [-0.25, -0.2) is 14.5 Å². The van der Waals surface area contributed by atoms with Crippen molar-refractivity contribution in [3.63, 3.8) is 0 Å². The Balaban J connectivity index is 1.62. The monoisotopic (exact) mass is 434 g/mol. The standard InChI is InChI=1S/C25H30N4O3/c1-15(2)21-13-19(20-14-26-29(16(3)4)23(20)27-21)25(31)32-17(5)24(30)28-12-8-10-18-9-6-7-11-22(18)28/h6-7,9,11,13-17H,8,10,12H2,1-5H3. The Morgan fingerprint density at radius 1 is 1.09 bits per heavy atom. The number of hydrogen-bond donors (Lipinski definition) is 0. The van der Waals surface area contributed by atoms with Gasteiger partial charge in [0.1, 0.15) is 0 Å². The Morgan fingerprint density at radius 3 is 2.56 bits per heavy atom. The van der Waals surface area contributed by atoms with Gasteiger partial charge in [-0.05, 0) is 57.2 Å². The lowest BCUT2D eigenvalue weighted by molar-refractivity contribution is -0.126. The lowest BCUT2D eigenvalue weighted by atomic mass is 10.0. The minimum Gasteiger partial charge on any atom is -0.449 e. The Labute approximate surface area is 188 Å².